The SMILES string of the molecule is CCCOC(=O)OC[C@H](C)OC(=O)[C@@H](N)Cc1ccc(OC(=O)CCC)c(OC(=O)CCC)c1. The van der Waals surface area contributed by atoms with Crippen LogP contribution in [0.15, 0.2) is 18.2 Å². The van der Waals surface area contributed by atoms with Crippen LogP contribution >= 0.6 is 0 Å². The zero-order valence-corrected chi connectivity index (χ0v) is 20.3. The minimum absolute atomic E-state index is 0.0759. The summed E-state index contributed by atoms with van der Waals surface area (Å²) >= 11 is 0. The van der Waals surface area contributed by atoms with Crippen LogP contribution in [0.2, 0.25) is 0 Å². The van der Waals surface area contributed by atoms with Crippen LogP contribution < -0.4 is 15.2 Å². The quantitative estimate of drug-likeness (QED) is 0.310. The Labute approximate surface area is 200 Å². The van der Waals surface area contributed by atoms with Crippen molar-refractivity contribution in [2.75, 3.05) is 13.2 Å². The highest BCUT2D eigenvalue weighted by Gasteiger charge is 2.21. The molecule has 0 bridgehead atoms. The molecular weight excluding hydrogens is 446 g/mol. The summed E-state index contributed by atoms with van der Waals surface area (Å²) in [7, 11) is 0. The number of hydrogen-bond donors (Lipinski definition) is 1. The summed E-state index contributed by atoms with van der Waals surface area (Å²) < 4.78 is 25.5. The largest absolute Gasteiger partial charge is 0.508 e. The van der Waals surface area contributed by atoms with Crippen LogP contribution in [0.1, 0.15) is 65.4 Å². The summed E-state index contributed by atoms with van der Waals surface area (Å²) in [5, 5.41) is 0. The molecular formula is C24H35NO9. The van der Waals surface area contributed by atoms with Gasteiger partial charge in [0, 0.05) is 12.8 Å². The lowest BCUT2D eigenvalue weighted by atomic mass is 10.1. The van der Waals surface area contributed by atoms with Gasteiger partial charge in [0.1, 0.15) is 18.8 Å². The first-order chi connectivity index (χ1) is 16.2. The maximum Gasteiger partial charge on any atom is 0.508 e. The molecule has 0 aliphatic rings. The highest BCUT2D eigenvalue weighted by molar-refractivity contribution is 5.77. The fourth-order valence-electron chi connectivity index (χ4n) is 2.67. The summed E-state index contributed by atoms with van der Waals surface area (Å²) in [4.78, 5) is 47.6. The molecule has 34 heavy (non-hydrogen) atoms. The summed E-state index contributed by atoms with van der Waals surface area (Å²) in [6.45, 7) is 7.16. The summed E-state index contributed by atoms with van der Waals surface area (Å²) in [5.74, 6) is -1.42. The third-order valence-corrected chi connectivity index (χ3v) is 4.30. The number of ether oxygens (including phenoxy) is 5. The van der Waals surface area contributed by atoms with Crippen LogP contribution in [0.25, 0.3) is 0 Å². The van der Waals surface area contributed by atoms with E-state index >= 15 is 0 Å². The second-order valence-electron chi connectivity index (χ2n) is 7.70. The molecule has 0 aliphatic carbocycles. The predicted octanol–water partition coefficient (Wildman–Crippen LogP) is 3.46. The maximum absolute atomic E-state index is 12.3. The lowest BCUT2D eigenvalue weighted by Crippen LogP contribution is -2.37. The molecule has 0 aromatic heterocycles. The third-order valence-electron chi connectivity index (χ3n) is 4.30. The van der Waals surface area contributed by atoms with E-state index in [0.717, 1.165) is 0 Å². The maximum atomic E-state index is 12.3. The molecule has 0 radical (unpaired) electrons. The molecule has 10 nitrogen and oxygen atoms in total. The Hall–Kier alpha value is -3.14. The van der Waals surface area contributed by atoms with Gasteiger partial charge in [-0.3, -0.25) is 14.4 Å². The molecule has 0 fully saturated rings. The Morgan fingerprint density at radius 1 is 0.882 bits per heavy atom. The first-order valence-electron chi connectivity index (χ1n) is 11.5. The number of hydrogen-bond acceptors (Lipinski definition) is 10. The Morgan fingerprint density at radius 3 is 2.09 bits per heavy atom. The third kappa shape index (κ3) is 11.1. The number of nitrogens with two attached hydrogens (primary N) is 1. The van der Waals surface area contributed by atoms with E-state index < -0.39 is 36.2 Å². The zero-order chi connectivity index (χ0) is 25.5. The Balaban J connectivity index is 2.77. The van der Waals surface area contributed by atoms with Crippen molar-refractivity contribution >= 4 is 24.1 Å². The molecule has 1 aromatic rings. The molecule has 1 aromatic carbocycles. The van der Waals surface area contributed by atoms with Crippen LogP contribution in [-0.4, -0.2) is 49.4 Å². The van der Waals surface area contributed by atoms with Crippen LogP contribution in [0, 0.1) is 0 Å². The monoisotopic (exact) mass is 481 g/mol. The van der Waals surface area contributed by atoms with Crippen molar-refractivity contribution in [2.24, 2.45) is 5.73 Å². The fraction of sp³-hybridized carbons (Fsp3) is 0.583. The predicted molar refractivity (Wildman–Crippen MR) is 122 cm³/mol. The fourth-order valence-corrected chi connectivity index (χ4v) is 2.67. The molecule has 0 unspecified atom stereocenters. The summed E-state index contributed by atoms with van der Waals surface area (Å²) in [6, 6.07) is 3.59. The Bertz CT molecular complexity index is 825. The lowest BCUT2D eigenvalue weighted by molar-refractivity contribution is -0.152. The highest BCUT2D eigenvalue weighted by atomic mass is 16.7. The van der Waals surface area contributed by atoms with Gasteiger partial charge >= 0.3 is 24.1 Å². The second kappa shape index (κ2) is 15.7. The van der Waals surface area contributed by atoms with Crippen molar-refractivity contribution in [3.8, 4) is 11.5 Å². The Kier molecular flexibility index (Phi) is 13.3. The lowest BCUT2D eigenvalue weighted by Gasteiger charge is -2.17. The second-order valence-corrected chi connectivity index (χ2v) is 7.70. The minimum atomic E-state index is -1.03. The van der Waals surface area contributed by atoms with E-state index in [4.69, 9.17) is 29.4 Å². The molecule has 0 saturated heterocycles. The topological polar surface area (TPSA) is 140 Å². The van der Waals surface area contributed by atoms with Gasteiger partial charge in [-0.2, -0.15) is 0 Å². The van der Waals surface area contributed by atoms with Crippen molar-refractivity contribution in [1.29, 1.82) is 0 Å². The van der Waals surface area contributed by atoms with Crippen molar-refractivity contribution in [3.05, 3.63) is 23.8 Å². The first-order valence-corrected chi connectivity index (χ1v) is 11.5. The van der Waals surface area contributed by atoms with Crippen LogP contribution in [0.5, 0.6) is 11.5 Å². The molecule has 0 saturated carbocycles. The zero-order valence-electron chi connectivity index (χ0n) is 20.3. The highest BCUT2D eigenvalue weighted by Crippen LogP contribution is 2.30. The molecule has 0 heterocycles. The van der Waals surface area contributed by atoms with Gasteiger partial charge in [-0.15, -0.1) is 0 Å². The standard InChI is InChI=1S/C24H35NO9/c1-5-8-21(26)33-19-11-10-17(14-20(19)34-22(27)9-6-2)13-18(25)23(28)32-16(4)15-31-24(29)30-12-7-3/h10-11,14,16,18H,5-9,12-13,15,25H2,1-4H3/t16-,18-/m0/s1. The van der Waals surface area contributed by atoms with Crippen LogP contribution in [0.4, 0.5) is 4.79 Å². The van der Waals surface area contributed by atoms with Gasteiger partial charge in [0.05, 0.1) is 6.61 Å². The smallest absolute Gasteiger partial charge is 0.458 e. The average Bonchev–Trinajstić information content (AvgIpc) is 2.78. The summed E-state index contributed by atoms with van der Waals surface area (Å²) in [5.41, 5.74) is 6.55. The molecule has 0 spiro atoms. The van der Waals surface area contributed by atoms with Crippen molar-refractivity contribution in [3.63, 3.8) is 0 Å². The van der Waals surface area contributed by atoms with E-state index in [9.17, 15) is 19.2 Å². The van der Waals surface area contributed by atoms with Gasteiger partial charge in [-0.25, -0.2) is 4.79 Å². The van der Waals surface area contributed by atoms with E-state index in [1.54, 1.807) is 13.0 Å². The van der Waals surface area contributed by atoms with Gasteiger partial charge in [0.2, 0.25) is 0 Å². The van der Waals surface area contributed by atoms with Gasteiger partial charge in [-0.1, -0.05) is 26.8 Å². The van der Waals surface area contributed by atoms with Crippen molar-refractivity contribution in [1.82, 2.24) is 0 Å². The van der Waals surface area contributed by atoms with Gasteiger partial charge in [0.25, 0.3) is 0 Å². The average molecular weight is 482 g/mol. The molecule has 0 aliphatic heterocycles. The molecule has 190 valence electrons. The first kappa shape index (κ1) is 28.9. The van der Waals surface area contributed by atoms with Gasteiger partial charge in [0.15, 0.2) is 11.5 Å². The number of esters is 3. The van der Waals surface area contributed by atoms with Crippen molar-refractivity contribution < 1.29 is 42.9 Å². The number of rotatable bonds is 14. The van der Waals surface area contributed by atoms with Gasteiger partial charge in [-0.05, 0) is 50.3 Å². The Morgan fingerprint density at radius 2 is 1.50 bits per heavy atom. The number of carbonyl (C=O) groups is 4. The molecule has 0 amide bonds. The van der Waals surface area contributed by atoms with E-state index in [1.165, 1.54) is 12.1 Å². The normalized spacial score (nSPS) is 12.3. The van der Waals surface area contributed by atoms with Crippen molar-refractivity contribution in [2.45, 2.75) is 78.4 Å². The minimum Gasteiger partial charge on any atom is -0.458 e. The molecule has 2 atom stereocenters. The molecule has 10 heteroatoms. The van der Waals surface area contributed by atoms with E-state index in [-0.39, 0.29) is 44.0 Å². The van der Waals surface area contributed by atoms with E-state index in [1.807, 2.05) is 20.8 Å². The van der Waals surface area contributed by atoms with Crippen LogP contribution in [-0.2, 0) is 35.0 Å². The number of benzene rings is 1. The number of carbonyl (C=O) groups excluding carboxylic acids is 4. The molecule has 2 N–H and O–H groups in total. The van der Waals surface area contributed by atoms with Gasteiger partial charge < -0.3 is 29.4 Å². The summed E-state index contributed by atoms with van der Waals surface area (Å²) in [6.07, 6.45) is 0.810. The van der Waals surface area contributed by atoms with Crippen LogP contribution in [0.3, 0.4) is 0 Å². The van der Waals surface area contributed by atoms with E-state index in [2.05, 4.69) is 0 Å². The van der Waals surface area contributed by atoms with E-state index in [0.29, 0.717) is 24.8 Å². The molecule has 1 rings (SSSR count).